The molecule has 0 aliphatic carbocycles. The van der Waals surface area contributed by atoms with Gasteiger partial charge < -0.3 is 109 Å². The van der Waals surface area contributed by atoms with E-state index in [0.29, 0.717) is 25.7 Å². The van der Waals surface area contributed by atoms with Crippen molar-refractivity contribution in [1.82, 2.24) is 10.6 Å². The highest BCUT2D eigenvalue weighted by Crippen LogP contribution is 2.44. The van der Waals surface area contributed by atoms with Crippen LogP contribution < -0.4 is 10.6 Å². The Balaban J connectivity index is 1.38. The first-order chi connectivity index (χ1) is 46.7. The number of unbranched alkanes of at least 4 members (excludes halogenated alkanes) is 21. The lowest BCUT2D eigenvalue weighted by Gasteiger charge is -2.48. The summed E-state index contributed by atoms with van der Waals surface area (Å²) in [5, 5.41) is 110. The summed E-state index contributed by atoms with van der Waals surface area (Å²) in [5.41, 5.74) is 0. The molecule has 3 heterocycles. The van der Waals surface area contributed by atoms with E-state index in [9.17, 15) is 74.8 Å². The molecular formula is C69H125N2O25P. The predicted octanol–water partition coefficient (Wildman–Crippen LogP) is 5.88. The second-order valence-electron chi connectivity index (χ2n) is 25.9. The largest absolute Gasteiger partial charge is 0.461 e. The molecule has 0 spiro atoms. The average Bonchev–Trinajstić information content (AvgIpc) is 0.798. The molecular weight excluding hydrogens is 1290 g/mol. The molecule has 12 N–H and O–H groups in total. The smallest absolute Gasteiger partial charge is 0.327 e. The van der Waals surface area contributed by atoms with E-state index in [1.165, 1.54) is 70.9 Å². The van der Waals surface area contributed by atoms with E-state index < -0.39 is 143 Å². The highest BCUT2D eigenvalue weighted by atomic mass is 31.2. The monoisotopic (exact) mass is 1410 g/mol. The summed E-state index contributed by atoms with van der Waals surface area (Å²) in [7, 11) is -3.75. The van der Waals surface area contributed by atoms with Gasteiger partial charge in [-0.25, -0.2) is 0 Å². The molecule has 27 nitrogen and oxygen atoms in total. The predicted molar refractivity (Wildman–Crippen MR) is 359 cm³/mol. The SMILES string of the molecule is CCCCCCCC/C=C\CCCCCCCC(=O)O[C@H](COC(=O)C(/C=C\CCCCCCCC)CCCCCC)COP(C)(=O)OCCNC(=O)CCCCC(=O)NCCCO[C@@H]1OC(CO)[C@@H](O[C@@H]2OC(CO)[C@H](O[C@H]3OC(CO)[C@H](O)[C@H](O)C3O)[C@H](O)C2O)[C@H](O)C1O. The number of rotatable bonds is 56. The molecule has 97 heavy (non-hydrogen) atoms. The van der Waals surface area contributed by atoms with Gasteiger partial charge in [-0.1, -0.05) is 154 Å². The van der Waals surface area contributed by atoms with Gasteiger partial charge in [0.05, 0.1) is 45.6 Å². The van der Waals surface area contributed by atoms with Crippen molar-refractivity contribution >= 4 is 31.3 Å². The van der Waals surface area contributed by atoms with Crippen molar-refractivity contribution < 1.29 is 122 Å². The second-order valence-corrected chi connectivity index (χ2v) is 27.9. The topological polar surface area (TPSA) is 404 Å². The first-order valence-electron chi connectivity index (χ1n) is 36.3. The van der Waals surface area contributed by atoms with Gasteiger partial charge in [-0.05, 0) is 70.6 Å². The number of hydrogen-bond acceptors (Lipinski definition) is 25. The Bertz CT molecular complexity index is 2180. The van der Waals surface area contributed by atoms with Crippen molar-refractivity contribution in [1.29, 1.82) is 0 Å². The number of nitrogens with one attached hydrogen (secondary N) is 2. The van der Waals surface area contributed by atoms with E-state index in [-0.39, 0.29) is 77.0 Å². The number of carbonyl (C=O) groups excluding carboxylic acids is 4. The molecule has 566 valence electrons. The maximum atomic E-state index is 13.6. The molecule has 8 unspecified atom stereocenters. The second kappa shape index (κ2) is 52.8. The van der Waals surface area contributed by atoms with Crippen LogP contribution >= 0.6 is 7.60 Å². The van der Waals surface area contributed by atoms with E-state index >= 15 is 0 Å². The van der Waals surface area contributed by atoms with Crippen molar-refractivity contribution in [2.24, 2.45) is 5.92 Å². The number of ether oxygens (including phenoxy) is 8. The van der Waals surface area contributed by atoms with Crippen LogP contribution in [0.3, 0.4) is 0 Å². The fraction of sp³-hybridized carbons (Fsp3) is 0.884. The fourth-order valence-electron chi connectivity index (χ4n) is 11.5. The molecule has 0 aromatic carbocycles. The van der Waals surface area contributed by atoms with Crippen molar-refractivity contribution in [3.63, 3.8) is 0 Å². The third-order valence-corrected chi connectivity index (χ3v) is 18.7. The highest BCUT2D eigenvalue weighted by Gasteiger charge is 2.53. The number of aliphatic hydroxyl groups is 10. The average molecular weight is 1410 g/mol. The van der Waals surface area contributed by atoms with E-state index in [2.05, 4.69) is 49.6 Å². The van der Waals surface area contributed by atoms with Gasteiger partial charge in [0.1, 0.15) is 79.9 Å². The summed E-state index contributed by atoms with van der Waals surface area (Å²) in [4.78, 5) is 52.0. The van der Waals surface area contributed by atoms with Gasteiger partial charge in [0.25, 0.3) is 0 Å². The van der Waals surface area contributed by atoms with Crippen LogP contribution in [0.2, 0.25) is 0 Å². The van der Waals surface area contributed by atoms with Crippen molar-refractivity contribution in [2.75, 3.05) is 66.0 Å². The molecule has 0 aromatic rings. The third kappa shape index (κ3) is 36.0. The van der Waals surface area contributed by atoms with Crippen LogP contribution in [-0.2, 0) is 70.7 Å². The first kappa shape index (κ1) is 88.1. The van der Waals surface area contributed by atoms with Gasteiger partial charge in [0.2, 0.25) is 11.8 Å². The lowest BCUT2D eigenvalue weighted by atomic mass is 9.96. The number of allylic oxidation sites excluding steroid dienone is 3. The molecule has 0 saturated carbocycles. The van der Waals surface area contributed by atoms with Gasteiger partial charge >= 0.3 is 19.5 Å². The number of carbonyl (C=O) groups is 4. The van der Waals surface area contributed by atoms with Crippen LogP contribution in [0.5, 0.6) is 0 Å². The van der Waals surface area contributed by atoms with Gasteiger partial charge in [-0.3, -0.25) is 23.7 Å². The summed E-state index contributed by atoms with van der Waals surface area (Å²) in [5.74, 6) is -1.97. The molecule has 3 aliphatic heterocycles. The molecule has 0 radical (unpaired) electrons. The van der Waals surface area contributed by atoms with Crippen LogP contribution in [-0.4, -0.2) is 239 Å². The highest BCUT2D eigenvalue weighted by molar-refractivity contribution is 7.52. The molecule has 2 amide bonds. The molecule has 3 saturated heterocycles. The maximum absolute atomic E-state index is 13.6. The number of amides is 2. The quantitative estimate of drug-likeness (QED) is 0.0146. The van der Waals surface area contributed by atoms with E-state index in [1.54, 1.807) is 0 Å². The van der Waals surface area contributed by atoms with E-state index in [4.69, 9.17) is 46.9 Å². The normalized spacial score (nSPS) is 27.4. The number of esters is 2. The lowest BCUT2D eigenvalue weighted by molar-refractivity contribution is -0.379. The zero-order valence-electron chi connectivity index (χ0n) is 58.5. The Morgan fingerprint density at radius 2 is 0.928 bits per heavy atom. The summed E-state index contributed by atoms with van der Waals surface area (Å²) in [6.07, 6.45) is 10.5. The van der Waals surface area contributed by atoms with Gasteiger partial charge in [0, 0.05) is 39.0 Å². The van der Waals surface area contributed by atoms with Gasteiger partial charge in [-0.15, -0.1) is 0 Å². The summed E-state index contributed by atoms with van der Waals surface area (Å²) >= 11 is 0. The third-order valence-electron chi connectivity index (χ3n) is 17.4. The van der Waals surface area contributed by atoms with Gasteiger partial charge in [-0.2, -0.15) is 0 Å². The standard InChI is InChI=1S/C69H125N2O25P/c1-5-8-11-14-16-18-19-20-21-22-23-24-26-28-31-39-56(77)91-50(47-88-66(85)49(35-29-13-10-7-3)36-30-27-25-17-15-12-9-6-2)48-90-97(4,86)89-43-41-71-55(76)38-33-32-37-54(75)70-40-34-42-87-67-62(83)59(80)64(52(45-73)93-67)96-69-63(84)60(81)65(53(46-74)94-69)95-68-61(82)58(79)57(78)51(44-72)92-68/h20-21,30,36,49-53,57-65,67-69,72-74,78-84H,5-19,22-29,31-35,37-48H2,1-4H3,(H,70,75)(H,71,76)/b21-20-,36-30-/t49?,50-,51?,52?,53?,57+,58+,59-,60-,61?,62?,63?,64-,65+,67-,68-,69+,97?/m1/s1. The minimum absolute atomic E-state index is 0.00591. The van der Waals surface area contributed by atoms with Crippen LogP contribution in [0, 0.1) is 5.92 Å². The minimum Gasteiger partial charge on any atom is -0.461 e. The van der Waals surface area contributed by atoms with Crippen LogP contribution in [0.15, 0.2) is 24.3 Å². The fourth-order valence-corrected chi connectivity index (χ4v) is 12.4. The Hall–Kier alpha value is -3.13. The molecule has 28 heteroatoms. The Morgan fingerprint density at radius 1 is 0.474 bits per heavy atom. The zero-order valence-corrected chi connectivity index (χ0v) is 59.3. The minimum atomic E-state index is -3.75. The van der Waals surface area contributed by atoms with Gasteiger partial charge in [0.15, 0.2) is 25.0 Å². The molecule has 18 atom stereocenters. The van der Waals surface area contributed by atoms with Crippen molar-refractivity contribution in [2.45, 2.75) is 318 Å². The van der Waals surface area contributed by atoms with Crippen molar-refractivity contribution in [3.05, 3.63) is 24.3 Å². The summed E-state index contributed by atoms with van der Waals surface area (Å²) in [6.45, 7) is 4.66. The Kier molecular flexibility index (Phi) is 47.9. The summed E-state index contributed by atoms with van der Waals surface area (Å²) in [6, 6.07) is 0. The molecule has 3 fully saturated rings. The molecule has 3 rings (SSSR count). The van der Waals surface area contributed by atoms with Crippen LogP contribution in [0.25, 0.3) is 0 Å². The van der Waals surface area contributed by atoms with E-state index in [0.717, 1.165) is 83.5 Å². The van der Waals surface area contributed by atoms with Crippen molar-refractivity contribution in [3.8, 4) is 0 Å². The number of aliphatic hydroxyl groups excluding tert-OH is 10. The molecule has 3 aliphatic rings. The first-order valence-corrected chi connectivity index (χ1v) is 38.3. The lowest BCUT2D eigenvalue weighted by Crippen LogP contribution is -2.66. The molecule has 0 bridgehead atoms. The zero-order chi connectivity index (χ0) is 71.2. The Morgan fingerprint density at radius 3 is 1.47 bits per heavy atom. The maximum Gasteiger partial charge on any atom is 0.327 e. The summed E-state index contributed by atoms with van der Waals surface area (Å²) < 4.78 is 69.8. The van der Waals surface area contributed by atoms with E-state index in [1.807, 2.05) is 6.08 Å². The Labute approximate surface area is 575 Å². The number of hydrogen-bond donors (Lipinski definition) is 12. The molecule has 0 aromatic heterocycles. The van der Waals surface area contributed by atoms with Crippen LogP contribution in [0.4, 0.5) is 0 Å². The van der Waals surface area contributed by atoms with Crippen LogP contribution in [0.1, 0.15) is 220 Å².